The number of thioether (sulfide) groups is 1. The van der Waals surface area contributed by atoms with Gasteiger partial charge in [0.25, 0.3) is 0 Å². The van der Waals surface area contributed by atoms with E-state index in [-0.39, 0.29) is 30.4 Å². The van der Waals surface area contributed by atoms with E-state index in [0.717, 1.165) is 10.5 Å². The van der Waals surface area contributed by atoms with Crippen LogP contribution in [-0.4, -0.2) is 24.2 Å². The van der Waals surface area contributed by atoms with Crippen LogP contribution in [0.25, 0.3) is 0 Å². The molecule has 0 aliphatic rings. The Kier molecular flexibility index (Phi) is 7.28. The zero-order valence-corrected chi connectivity index (χ0v) is 14.6. The van der Waals surface area contributed by atoms with Gasteiger partial charge >= 0.3 is 0 Å². The lowest BCUT2D eigenvalue weighted by Gasteiger charge is -2.09. The number of hydrogen-bond donors (Lipinski definition) is 2. The van der Waals surface area contributed by atoms with Gasteiger partial charge in [-0.2, -0.15) is 0 Å². The van der Waals surface area contributed by atoms with Crippen molar-refractivity contribution in [3.05, 3.63) is 59.9 Å². The molecule has 5 nitrogen and oxygen atoms in total. The van der Waals surface area contributed by atoms with Crippen molar-refractivity contribution in [3.63, 3.8) is 0 Å². The lowest BCUT2D eigenvalue weighted by Crippen LogP contribution is -2.42. The Labute approximate surface area is 149 Å². The van der Waals surface area contributed by atoms with Crippen molar-refractivity contribution in [2.75, 3.05) is 12.4 Å². The van der Waals surface area contributed by atoms with E-state index >= 15 is 0 Å². The molecule has 7 heteroatoms. The molecule has 0 unspecified atom stereocenters. The van der Waals surface area contributed by atoms with Gasteiger partial charge in [0.2, 0.25) is 11.8 Å². The smallest absolute Gasteiger partial charge is 0.248 e. The molecule has 0 saturated heterocycles. The maximum Gasteiger partial charge on any atom is 0.248 e. The van der Waals surface area contributed by atoms with E-state index in [2.05, 4.69) is 10.9 Å². The predicted molar refractivity (Wildman–Crippen MR) is 94.7 cm³/mol. The van der Waals surface area contributed by atoms with Gasteiger partial charge in [0.1, 0.15) is 0 Å². The Morgan fingerprint density at radius 1 is 1.04 bits per heavy atom. The number of benzene rings is 2. The van der Waals surface area contributed by atoms with Crippen LogP contribution in [0.4, 0.5) is 4.39 Å². The Hall–Kier alpha value is -2.54. The normalized spacial score (nSPS) is 10.2. The van der Waals surface area contributed by atoms with Crippen LogP contribution in [0, 0.1) is 12.7 Å². The zero-order valence-electron chi connectivity index (χ0n) is 13.8. The van der Waals surface area contributed by atoms with Crippen molar-refractivity contribution in [2.45, 2.75) is 18.2 Å². The molecule has 0 spiro atoms. The third kappa shape index (κ3) is 6.84. The van der Waals surface area contributed by atoms with Crippen LogP contribution in [0.2, 0.25) is 0 Å². The van der Waals surface area contributed by atoms with Crippen molar-refractivity contribution >= 4 is 23.6 Å². The van der Waals surface area contributed by atoms with E-state index < -0.39 is 11.7 Å². The fourth-order valence-electron chi connectivity index (χ4n) is 1.84. The van der Waals surface area contributed by atoms with E-state index in [1.807, 2.05) is 31.2 Å². The molecule has 0 bridgehead atoms. The van der Waals surface area contributed by atoms with E-state index in [9.17, 15) is 14.0 Å². The topological polar surface area (TPSA) is 67.4 Å². The minimum Gasteiger partial charge on any atom is -0.490 e. The van der Waals surface area contributed by atoms with Gasteiger partial charge in [-0.1, -0.05) is 29.8 Å². The molecule has 0 atom stereocenters. The Morgan fingerprint density at radius 2 is 1.72 bits per heavy atom. The standard InChI is InChI=1S/C18H19FN2O3S/c1-13-6-8-14(9-7-13)25-12-18(23)21-20-17(22)10-11-24-16-5-3-2-4-15(16)19/h2-9H,10-12H2,1H3,(H,20,22)(H,21,23). The molecule has 2 rings (SSSR count). The number of hydrogen-bond acceptors (Lipinski definition) is 4. The lowest BCUT2D eigenvalue weighted by molar-refractivity contribution is -0.127. The molecule has 0 saturated carbocycles. The van der Waals surface area contributed by atoms with E-state index in [1.54, 1.807) is 12.1 Å². The van der Waals surface area contributed by atoms with Crippen molar-refractivity contribution in [2.24, 2.45) is 0 Å². The third-order valence-electron chi connectivity index (χ3n) is 3.16. The first-order chi connectivity index (χ1) is 12.0. The number of carbonyl (C=O) groups excluding carboxylic acids is 2. The maximum atomic E-state index is 13.3. The summed E-state index contributed by atoms with van der Waals surface area (Å²) in [6.45, 7) is 2.01. The molecule has 132 valence electrons. The second kappa shape index (κ2) is 9.68. The average molecular weight is 362 g/mol. The molecule has 0 heterocycles. The van der Waals surface area contributed by atoms with Crippen LogP contribution in [0.1, 0.15) is 12.0 Å². The first kappa shape index (κ1) is 18.8. The summed E-state index contributed by atoms with van der Waals surface area (Å²) < 4.78 is 18.5. The number of rotatable bonds is 7. The lowest BCUT2D eigenvalue weighted by atomic mass is 10.2. The maximum absolute atomic E-state index is 13.3. The highest BCUT2D eigenvalue weighted by molar-refractivity contribution is 8.00. The van der Waals surface area contributed by atoms with Crippen LogP contribution in [0.15, 0.2) is 53.4 Å². The predicted octanol–water partition coefficient (Wildman–Crippen LogP) is 2.84. The molecular formula is C18H19FN2O3S. The summed E-state index contributed by atoms with van der Waals surface area (Å²) in [6.07, 6.45) is -0.000279. The van der Waals surface area contributed by atoms with Gasteiger partial charge in [0, 0.05) is 4.90 Å². The Bertz CT molecular complexity index is 723. The second-order valence-corrected chi connectivity index (χ2v) is 6.28. The number of halogens is 1. The summed E-state index contributed by atoms with van der Waals surface area (Å²) in [5.74, 6) is -0.924. The molecule has 2 aromatic carbocycles. The van der Waals surface area contributed by atoms with Crippen LogP contribution < -0.4 is 15.6 Å². The monoisotopic (exact) mass is 362 g/mol. The molecule has 2 aromatic rings. The fraction of sp³-hybridized carbons (Fsp3) is 0.222. The molecule has 0 aromatic heterocycles. The van der Waals surface area contributed by atoms with Crippen LogP contribution in [-0.2, 0) is 9.59 Å². The number of nitrogens with one attached hydrogen (secondary N) is 2. The molecule has 0 radical (unpaired) electrons. The minimum absolute atomic E-state index is 0.000279. The SMILES string of the molecule is Cc1ccc(SCC(=O)NNC(=O)CCOc2ccccc2F)cc1. The van der Waals surface area contributed by atoms with Crippen molar-refractivity contribution < 1.29 is 18.7 Å². The van der Waals surface area contributed by atoms with Gasteiger partial charge in [0.15, 0.2) is 11.6 Å². The molecule has 2 N–H and O–H groups in total. The van der Waals surface area contributed by atoms with Crippen molar-refractivity contribution in [1.29, 1.82) is 0 Å². The Balaban J connectivity index is 1.61. The summed E-state index contributed by atoms with van der Waals surface area (Å²) in [7, 11) is 0. The van der Waals surface area contributed by atoms with Gasteiger partial charge < -0.3 is 4.74 Å². The van der Waals surface area contributed by atoms with Gasteiger partial charge in [0.05, 0.1) is 18.8 Å². The van der Waals surface area contributed by atoms with Crippen LogP contribution >= 0.6 is 11.8 Å². The highest BCUT2D eigenvalue weighted by Crippen LogP contribution is 2.17. The molecular weight excluding hydrogens is 343 g/mol. The number of amides is 2. The summed E-state index contributed by atoms with van der Waals surface area (Å²) in [5.41, 5.74) is 5.79. The summed E-state index contributed by atoms with van der Waals surface area (Å²) >= 11 is 1.38. The molecule has 0 fully saturated rings. The first-order valence-electron chi connectivity index (χ1n) is 7.69. The largest absolute Gasteiger partial charge is 0.490 e. The number of para-hydroxylation sites is 1. The molecule has 25 heavy (non-hydrogen) atoms. The number of ether oxygens (including phenoxy) is 1. The molecule has 0 aliphatic heterocycles. The van der Waals surface area contributed by atoms with Crippen LogP contribution in [0.5, 0.6) is 5.75 Å². The Morgan fingerprint density at radius 3 is 2.44 bits per heavy atom. The summed E-state index contributed by atoms with van der Waals surface area (Å²) in [5, 5.41) is 0. The number of carbonyl (C=O) groups is 2. The number of aryl methyl sites for hydroxylation is 1. The first-order valence-corrected chi connectivity index (χ1v) is 8.67. The second-order valence-electron chi connectivity index (χ2n) is 5.23. The van der Waals surface area contributed by atoms with Crippen molar-refractivity contribution in [3.8, 4) is 5.75 Å². The molecule has 0 aliphatic carbocycles. The van der Waals surface area contributed by atoms with Gasteiger partial charge in [-0.15, -0.1) is 11.8 Å². The third-order valence-corrected chi connectivity index (χ3v) is 4.17. The number of hydrazine groups is 1. The van der Waals surface area contributed by atoms with E-state index in [4.69, 9.17) is 4.74 Å². The summed E-state index contributed by atoms with van der Waals surface area (Å²) in [4.78, 5) is 24.3. The minimum atomic E-state index is -0.482. The van der Waals surface area contributed by atoms with Gasteiger partial charge in [-0.3, -0.25) is 20.4 Å². The fourth-order valence-corrected chi connectivity index (χ4v) is 2.54. The quantitative estimate of drug-likeness (QED) is 0.587. The zero-order chi connectivity index (χ0) is 18.1. The van der Waals surface area contributed by atoms with E-state index in [0.29, 0.717) is 0 Å². The molecule has 2 amide bonds. The highest BCUT2D eigenvalue weighted by atomic mass is 32.2. The van der Waals surface area contributed by atoms with Crippen LogP contribution in [0.3, 0.4) is 0 Å². The highest BCUT2D eigenvalue weighted by Gasteiger charge is 2.07. The summed E-state index contributed by atoms with van der Waals surface area (Å²) in [6, 6.07) is 13.8. The van der Waals surface area contributed by atoms with Gasteiger partial charge in [-0.25, -0.2) is 4.39 Å². The average Bonchev–Trinajstić information content (AvgIpc) is 2.61. The van der Waals surface area contributed by atoms with Crippen molar-refractivity contribution in [1.82, 2.24) is 10.9 Å². The van der Waals surface area contributed by atoms with Gasteiger partial charge in [-0.05, 0) is 31.2 Å². The van der Waals surface area contributed by atoms with E-state index in [1.165, 1.54) is 23.9 Å².